The van der Waals surface area contributed by atoms with Crippen LogP contribution in [0.3, 0.4) is 0 Å². The highest BCUT2D eigenvalue weighted by atomic mass is 16.3. The molecule has 18 heavy (non-hydrogen) atoms. The van der Waals surface area contributed by atoms with Crippen LogP contribution in [-0.2, 0) is 0 Å². The third kappa shape index (κ3) is 3.06. The molecule has 2 fully saturated rings. The summed E-state index contributed by atoms with van der Waals surface area (Å²) in [5.41, 5.74) is -0.00304. The second kappa shape index (κ2) is 6.36. The molecule has 0 aromatic carbocycles. The SMILES string of the molecule is CCCNC1(CO)CCCC(N(C)C2CCC2)C1. The molecular weight excluding hydrogens is 224 g/mol. The van der Waals surface area contributed by atoms with Gasteiger partial charge in [-0.05, 0) is 58.5 Å². The van der Waals surface area contributed by atoms with Crippen LogP contribution in [0.1, 0.15) is 58.3 Å². The largest absolute Gasteiger partial charge is 0.394 e. The molecule has 2 aliphatic carbocycles. The van der Waals surface area contributed by atoms with Gasteiger partial charge in [0, 0.05) is 17.6 Å². The van der Waals surface area contributed by atoms with Gasteiger partial charge in [0.05, 0.1) is 6.61 Å². The first-order valence-electron chi connectivity index (χ1n) is 7.78. The van der Waals surface area contributed by atoms with Crippen LogP contribution in [0.5, 0.6) is 0 Å². The maximum atomic E-state index is 9.80. The molecule has 0 aliphatic heterocycles. The zero-order valence-corrected chi connectivity index (χ0v) is 12.1. The second-order valence-electron chi connectivity index (χ2n) is 6.37. The Bertz CT molecular complexity index is 255. The van der Waals surface area contributed by atoms with Gasteiger partial charge in [-0.1, -0.05) is 13.3 Å². The number of rotatable bonds is 6. The Morgan fingerprint density at radius 3 is 2.50 bits per heavy atom. The lowest BCUT2D eigenvalue weighted by molar-refractivity contribution is 0.0335. The summed E-state index contributed by atoms with van der Waals surface area (Å²) >= 11 is 0. The molecule has 0 bridgehead atoms. The van der Waals surface area contributed by atoms with Crippen molar-refractivity contribution in [1.29, 1.82) is 0 Å². The Balaban J connectivity index is 1.92. The van der Waals surface area contributed by atoms with Gasteiger partial charge >= 0.3 is 0 Å². The lowest BCUT2D eigenvalue weighted by Crippen LogP contribution is -2.57. The van der Waals surface area contributed by atoms with E-state index in [1.54, 1.807) is 0 Å². The molecule has 2 N–H and O–H groups in total. The van der Waals surface area contributed by atoms with Crippen molar-refractivity contribution in [2.24, 2.45) is 0 Å². The predicted octanol–water partition coefficient (Wildman–Crippen LogP) is 2.14. The van der Waals surface area contributed by atoms with Crippen molar-refractivity contribution in [3.05, 3.63) is 0 Å². The van der Waals surface area contributed by atoms with E-state index in [1.165, 1.54) is 32.1 Å². The van der Waals surface area contributed by atoms with Crippen LogP contribution < -0.4 is 5.32 Å². The highest BCUT2D eigenvalue weighted by molar-refractivity contribution is 4.97. The minimum atomic E-state index is -0.00304. The van der Waals surface area contributed by atoms with Gasteiger partial charge in [-0.3, -0.25) is 0 Å². The molecule has 3 nitrogen and oxygen atoms in total. The lowest BCUT2D eigenvalue weighted by Gasteiger charge is -2.47. The van der Waals surface area contributed by atoms with Crippen LogP contribution in [-0.4, -0.2) is 47.8 Å². The van der Waals surface area contributed by atoms with E-state index in [9.17, 15) is 5.11 Å². The van der Waals surface area contributed by atoms with Crippen LogP contribution in [0.25, 0.3) is 0 Å². The maximum Gasteiger partial charge on any atom is 0.0613 e. The Kier molecular flexibility index (Phi) is 5.05. The second-order valence-corrected chi connectivity index (χ2v) is 6.37. The molecule has 0 amide bonds. The van der Waals surface area contributed by atoms with Gasteiger partial charge in [-0.15, -0.1) is 0 Å². The van der Waals surface area contributed by atoms with Gasteiger partial charge in [0.2, 0.25) is 0 Å². The van der Waals surface area contributed by atoms with Crippen molar-refractivity contribution in [2.45, 2.75) is 75.9 Å². The molecule has 106 valence electrons. The molecule has 2 atom stereocenters. The number of aliphatic hydroxyl groups is 1. The summed E-state index contributed by atoms with van der Waals surface area (Å²) < 4.78 is 0. The average Bonchev–Trinajstić information content (AvgIpc) is 2.34. The summed E-state index contributed by atoms with van der Waals surface area (Å²) in [5, 5.41) is 13.4. The number of nitrogens with zero attached hydrogens (tertiary/aromatic N) is 1. The first-order valence-corrected chi connectivity index (χ1v) is 7.78. The molecular formula is C15H30N2O. The van der Waals surface area contributed by atoms with Crippen LogP contribution >= 0.6 is 0 Å². The molecule has 0 aromatic heterocycles. The monoisotopic (exact) mass is 254 g/mol. The summed E-state index contributed by atoms with van der Waals surface area (Å²) in [4.78, 5) is 2.60. The molecule has 0 spiro atoms. The topological polar surface area (TPSA) is 35.5 Å². The molecule has 0 aromatic rings. The van der Waals surface area contributed by atoms with E-state index >= 15 is 0 Å². The van der Waals surface area contributed by atoms with E-state index in [2.05, 4.69) is 24.2 Å². The fourth-order valence-corrected chi connectivity index (χ4v) is 3.52. The highest BCUT2D eigenvalue weighted by Gasteiger charge is 2.38. The third-order valence-corrected chi connectivity index (χ3v) is 5.10. The highest BCUT2D eigenvalue weighted by Crippen LogP contribution is 2.34. The zero-order chi connectivity index (χ0) is 13.0. The van der Waals surface area contributed by atoms with Gasteiger partial charge in [0.1, 0.15) is 0 Å². The number of hydrogen-bond acceptors (Lipinski definition) is 3. The Labute approximate surface area is 112 Å². The first kappa shape index (κ1) is 14.3. The van der Waals surface area contributed by atoms with Crippen LogP contribution in [0, 0.1) is 0 Å². The fourth-order valence-electron chi connectivity index (χ4n) is 3.52. The van der Waals surface area contributed by atoms with Crippen molar-refractivity contribution < 1.29 is 5.11 Å². The van der Waals surface area contributed by atoms with E-state index in [4.69, 9.17) is 0 Å². The minimum Gasteiger partial charge on any atom is -0.394 e. The molecule has 2 rings (SSSR count). The third-order valence-electron chi connectivity index (χ3n) is 5.10. The van der Waals surface area contributed by atoms with Crippen molar-refractivity contribution in [3.63, 3.8) is 0 Å². The van der Waals surface area contributed by atoms with Crippen LogP contribution in [0.15, 0.2) is 0 Å². The summed E-state index contributed by atoms with van der Waals surface area (Å²) in [6.07, 6.45) is 10.1. The fraction of sp³-hybridized carbons (Fsp3) is 1.00. The Morgan fingerprint density at radius 1 is 1.22 bits per heavy atom. The normalized spacial score (nSPS) is 33.7. The van der Waals surface area contributed by atoms with E-state index in [-0.39, 0.29) is 5.54 Å². The average molecular weight is 254 g/mol. The summed E-state index contributed by atoms with van der Waals surface area (Å²) in [5.74, 6) is 0. The molecule has 0 radical (unpaired) electrons. The van der Waals surface area contributed by atoms with Crippen molar-refractivity contribution in [1.82, 2.24) is 10.2 Å². The van der Waals surface area contributed by atoms with Gasteiger partial charge < -0.3 is 15.3 Å². The quantitative estimate of drug-likeness (QED) is 0.762. The Morgan fingerprint density at radius 2 is 1.94 bits per heavy atom. The zero-order valence-electron chi connectivity index (χ0n) is 12.1. The Hall–Kier alpha value is -0.120. The minimum absolute atomic E-state index is 0.00304. The van der Waals surface area contributed by atoms with Crippen molar-refractivity contribution in [2.75, 3.05) is 20.2 Å². The predicted molar refractivity (Wildman–Crippen MR) is 75.8 cm³/mol. The maximum absolute atomic E-state index is 9.80. The number of aliphatic hydroxyl groups excluding tert-OH is 1. The molecule has 0 heterocycles. The molecule has 0 saturated heterocycles. The lowest BCUT2D eigenvalue weighted by atomic mass is 9.77. The molecule has 3 heteroatoms. The number of hydrogen-bond donors (Lipinski definition) is 2. The van der Waals surface area contributed by atoms with E-state index in [0.717, 1.165) is 31.8 Å². The van der Waals surface area contributed by atoms with Crippen LogP contribution in [0.2, 0.25) is 0 Å². The smallest absolute Gasteiger partial charge is 0.0613 e. The summed E-state index contributed by atoms with van der Waals surface area (Å²) in [7, 11) is 2.29. The van der Waals surface area contributed by atoms with E-state index < -0.39 is 0 Å². The standard InChI is InChI=1S/C15H30N2O/c1-3-10-16-15(12-18)9-5-8-14(11-15)17(2)13-6-4-7-13/h13-14,16,18H,3-12H2,1-2H3. The van der Waals surface area contributed by atoms with Gasteiger partial charge in [-0.25, -0.2) is 0 Å². The van der Waals surface area contributed by atoms with E-state index in [1.807, 2.05) is 0 Å². The van der Waals surface area contributed by atoms with E-state index in [0.29, 0.717) is 12.6 Å². The molecule has 2 aliphatic rings. The molecule has 2 unspecified atom stereocenters. The summed E-state index contributed by atoms with van der Waals surface area (Å²) in [6, 6.07) is 1.48. The molecule has 2 saturated carbocycles. The summed E-state index contributed by atoms with van der Waals surface area (Å²) in [6.45, 7) is 3.52. The van der Waals surface area contributed by atoms with Crippen LogP contribution in [0.4, 0.5) is 0 Å². The van der Waals surface area contributed by atoms with Crippen molar-refractivity contribution >= 4 is 0 Å². The van der Waals surface area contributed by atoms with Gasteiger partial charge in [0.25, 0.3) is 0 Å². The first-order chi connectivity index (χ1) is 8.71. The van der Waals surface area contributed by atoms with Gasteiger partial charge in [0.15, 0.2) is 0 Å². The number of nitrogens with one attached hydrogen (secondary N) is 1. The van der Waals surface area contributed by atoms with Gasteiger partial charge in [-0.2, -0.15) is 0 Å². The van der Waals surface area contributed by atoms with Crippen molar-refractivity contribution in [3.8, 4) is 0 Å².